The fraction of sp³-hybridized carbons (Fsp3) is 0.520. The van der Waals surface area contributed by atoms with E-state index < -0.39 is 52.6 Å². The van der Waals surface area contributed by atoms with Gasteiger partial charge in [-0.3, -0.25) is 14.5 Å². The lowest BCUT2D eigenvalue weighted by Gasteiger charge is -2.55. The van der Waals surface area contributed by atoms with Gasteiger partial charge in [0.05, 0.1) is 23.9 Å². The largest absolute Gasteiger partial charge is 0.496 e. The van der Waals surface area contributed by atoms with Crippen LogP contribution in [0.1, 0.15) is 58.8 Å². The average molecular weight is 531 g/mol. The molecular weight excluding hydrogens is 504 g/mol. The molecule has 1 amide bonds. The third-order valence-corrected chi connectivity index (χ3v) is 7.67. The summed E-state index contributed by atoms with van der Waals surface area (Å²) in [4.78, 5) is 28.9. The highest BCUT2D eigenvalue weighted by atomic mass is 19.4. The van der Waals surface area contributed by atoms with Crippen LogP contribution in [0, 0.1) is 0 Å². The van der Waals surface area contributed by atoms with Crippen molar-refractivity contribution in [2.75, 3.05) is 20.7 Å². The van der Waals surface area contributed by atoms with Gasteiger partial charge in [0, 0.05) is 36.4 Å². The molecule has 2 aromatic rings. The van der Waals surface area contributed by atoms with Crippen molar-refractivity contribution in [1.82, 2.24) is 14.4 Å². The van der Waals surface area contributed by atoms with Gasteiger partial charge in [0.1, 0.15) is 5.75 Å². The maximum Gasteiger partial charge on any atom is 0.456 e. The van der Waals surface area contributed by atoms with Crippen LogP contribution in [0.25, 0.3) is 0 Å². The number of alkyl halides is 6. The molecule has 37 heavy (non-hydrogen) atoms. The Hall–Kier alpha value is -3.02. The molecule has 202 valence electrons. The highest BCUT2D eigenvalue weighted by Crippen LogP contribution is 2.46. The molecular formula is C25H27F6N3O3. The molecule has 1 aromatic heterocycles. The van der Waals surface area contributed by atoms with Gasteiger partial charge in [-0.2, -0.15) is 26.3 Å². The van der Waals surface area contributed by atoms with Crippen molar-refractivity contribution in [3.63, 3.8) is 0 Å². The van der Waals surface area contributed by atoms with E-state index in [-0.39, 0.29) is 24.7 Å². The number of carbonyl (C=O) groups excluding carboxylic acids is 2. The number of nitrogens with zero attached hydrogens (tertiary/aromatic N) is 3. The van der Waals surface area contributed by atoms with E-state index >= 15 is 0 Å². The Morgan fingerprint density at radius 3 is 2.27 bits per heavy atom. The number of hydrogen-bond acceptors (Lipinski definition) is 4. The molecule has 0 aliphatic carbocycles. The van der Waals surface area contributed by atoms with E-state index in [0.29, 0.717) is 18.5 Å². The Morgan fingerprint density at radius 2 is 1.70 bits per heavy atom. The number of hydrogen-bond donors (Lipinski definition) is 0. The molecule has 0 saturated carbocycles. The summed E-state index contributed by atoms with van der Waals surface area (Å²) in [6.45, 7) is 3.97. The first-order chi connectivity index (χ1) is 17.1. The second-order valence-electron chi connectivity index (χ2n) is 9.75. The van der Waals surface area contributed by atoms with Crippen LogP contribution < -0.4 is 4.74 Å². The minimum atomic E-state index is -5.01. The van der Waals surface area contributed by atoms with Crippen molar-refractivity contribution in [2.45, 2.75) is 63.2 Å². The fourth-order valence-corrected chi connectivity index (χ4v) is 5.71. The van der Waals surface area contributed by atoms with E-state index in [1.807, 2.05) is 14.0 Å². The number of likely N-dealkylation sites (N-methyl/N-ethyl adjacent to an activating group) is 1. The number of methoxy groups -OCH3 is 1. The number of aromatic nitrogens is 1. The normalized spacial score (nSPS) is 24.8. The second kappa shape index (κ2) is 9.07. The van der Waals surface area contributed by atoms with E-state index in [1.165, 1.54) is 27.7 Å². The van der Waals surface area contributed by atoms with Crippen molar-refractivity contribution < 1.29 is 40.7 Å². The number of carbonyl (C=O) groups is 2. The Labute approximate surface area is 209 Å². The molecule has 3 atom stereocenters. The molecule has 12 heteroatoms. The molecule has 0 bridgehead atoms. The zero-order chi connectivity index (χ0) is 27.5. The summed E-state index contributed by atoms with van der Waals surface area (Å²) in [7, 11) is 2.97. The van der Waals surface area contributed by atoms with Crippen LogP contribution in [0.4, 0.5) is 26.3 Å². The Kier molecular flexibility index (Phi) is 6.63. The molecule has 2 unspecified atom stereocenters. The van der Waals surface area contributed by atoms with Crippen LogP contribution >= 0.6 is 0 Å². The van der Waals surface area contributed by atoms with Gasteiger partial charge < -0.3 is 14.2 Å². The maximum atomic E-state index is 13.5. The zero-order valence-corrected chi connectivity index (χ0v) is 20.7. The predicted octanol–water partition coefficient (Wildman–Crippen LogP) is 5.11. The van der Waals surface area contributed by atoms with Crippen molar-refractivity contribution >= 4 is 11.7 Å². The number of amides is 1. The van der Waals surface area contributed by atoms with Gasteiger partial charge in [0.15, 0.2) is 0 Å². The van der Waals surface area contributed by atoms with E-state index in [9.17, 15) is 35.9 Å². The third kappa shape index (κ3) is 4.49. The molecule has 0 radical (unpaired) electrons. The molecule has 1 saturated heterocycles. The SMILES string of the molecule is COc1ccc(C(=O)N2CCC3(CC2C)c2ccc(C(=O)C(F)(F)F)n2C[C@@H](C)N3C)cc1C(F)(F)F. The van der Waals surface area contributed by atoms with Crippen LogP contribution in [0.2, 0.25) is 0 Å². The van der Waals surface area contributed by atoms with Gasteiger partial charge in [-0.15, -0.1) is 0 Å². The minimum absolute atomic E-state index is 0.136. The highest BCUT2D eigenvalue weighted by Gasteiger charge is 2.51. The van der Waals surface area contributed by atoms with Gasteiger partial charge in [0.2, 0.25) is 0 Å². The number of ether oxygens (including phenoxy) is 1. The summed E-state index contributed by atoms with van der Waals surface area (Å²) >= 11 is 0. The molecule has 6 nitrogen and oxygen atoms in total. The molecule has 2 aliphatic heterocycles. The summed E-state index contributed by atoms with van der Waals surface area (Å²) in [5.74, 6) is -2.88. The van der Waals surface area contributed by atoms with Gasteiger partial charge >= 0.3 is 12.4 Å². The van der Waals surface area contributed by atoms with Crippen molar-refractivity contribution in [2.24, 2.45) is 0 Å². The molecule has 3 heterocycles. The molecule has 1 fully saturated rings. The highest BCUT2D eigenvalue weighted by molar-refractivity contribution is 5.99. The topological polar surface area (TPSA) is 54.8 Å². The van der Waals surface area contributed by atoms with Crippen LogP contribution in [-0.2, 0) is 18.3 Å². The Bertz CT molecular complexity index is 1220. The number of piperidine rings is 1. The number of halogens is 6. The van der Waals surface area contributed by atoms with Crippen LogP contribution in [0.5, 0.6) is 5.75 Å². The van der Waals surface area contributed by atoms with Crippen molar-refractivity contribution in [1.29, 1.82) is 0 Å². The summed E-state index contributed by atoms with van der Waals surface area (Å²) in [6, 6.07) is 5.23. The van der Waals surface area contributed by atoms with E-state index in [2.05, 4.69) is 4.90 Å². The zero-order valence-electron chi connectivity index (χ0n) is 20.7. The van der Waals surface area contributed by atoms with Crippen LogP contribution in [0.3, 0.4) is 0 Å². The van der Waals surface area contributed by atoms with Crippen molar-refractivity contribution in [3.8, 4) is 5.75 Å². The lowest BCUT2D eigenvalue weighted by Crippen LogP contribution is -2.61. The lowest BCUT2D eigenvalue weighted by molar-refractivity contribution is -0.138. The Balaban J connectivity index is 1.66. The summed E-state index contributed by atoms with van der Waals surface area (Å²) < 4.78 is 86.3. The van der Waals surface area contributed by atoms with E-state index in [0.717, 1.165) is 19.2 Å². The summed E-state index contributed by atoms with van der Waals surface area (Å²) in [6.07, 6.45) is -9.07. The average Bonchev–Trinajstić information content (AvgIpc) is 3.24. The fourth-order valence-electron chi connectivity index (χ4n) is 5.71. The Morgan fingerprint density at radius 1 is 1.03 bits per heavy atom. The molecule has 1 spiro atoms. The second-order valence-corrected chi connectivity index (χ2v) is 9.75. The smallest absolute Gasteiger partial charge is 0.456 e. The van der Waals surface area contributed by atoms with Gasteiger partial charge in [-0.25, -0.2) is 0 Å². The standard InChI is InChI=1S/C25H27F6N3O3/c1-14-12-23(20-8-6-18(21(35)25(29,30)31)34(20)13-15(2)32(23)3)9-10-33(14)22(36)16-5-7-19(37-4)17(11-16)24(26,27)28/h5-8,11,14-15H,9-10,12-13H2,1-4H3/t14?,15-,23?/m1/s1. The number of benzene rings is 1. The lowest BCUT2D eigenvalue weighted by atomic mass is 9.77. The number of rotatable bonds is 3. The monoisotopic (exact) mass is 531 g/mol. The predicted molar refractivity (Wildman–Crippen MR) is 121 cm³/mol. The van der Waals surface area contributed by atoms with E-state index in [1.54, 1.807) is 6.92 Å². The summed E-state index contributed by atoms with van der Waals surface area (Å²) in [5.41, 5.74) is -1.81. The number of ketones is 1. The first-order valence-electron chi connectivity index (χ1n) is 11.7. The first kappa shape index (κ1) is 27.0. The summed E-state index contributed by atoms with van der Waals surface area (Å²) in [5, 5.41) is 0. The van der Waals surface area contributed by atoms with Crippen LogP contribution in [-0.4, -0.2) is 65.0 Å². The van der Waals surface area contributed by atoms with Crippen LogP contribution in [0.15, 0.2) is 30.3 Å². The maximum absolute atomic E-state index is 13.5. The quantitative estimate of drug-likeness (QED) is 0.408. The first-order valence-corrected chi connectivity index (χ1v) is 11.7. The molecule has 0 N–H and O–H groups in total. The number of likely N-dealkylation sites (tertiary alicyclic amines) is 1. The molecule has 4 rings (SSSR count). The molecule has 2 aliphatic rings. The minimum Gasteiger partial charge on any atom is -0.496 e. The van der Waals surface area contributed by atoms with Gasteiger partial charge in [-0.05, 0) is 64.1 Å². The van der Waals surface area contributed by atoms with Gasteiger partial charge in [-0.1, -0.05) is 0 Å². The van der Waals surface area contributed by atoms with Gasteiger partial charge in [0.25, 0.3) is 11.7 Å². The molecule has 1 aromatic carbocycles. The number of Topliss-reactive ketones (excluding diaryl/α,β-unsaturated/α-hetero) is 1. The van der Waals surface area contributed by atoms with E-state index in [4.69, 9.17) is 4.74 Å². The van der Waals surface area contributed by atoms with Crippen molar-refractivity contribution in [3.05, 3.63) is 52.8 Å². The third-order valence-electron chi connectivity index (χ3n) is 7.67. The number of fused-ring (bicyclic) bond motifs is 2.